The zero-order valence-corrected chi connectivity index (χ0v) is 11.7. The van der Waals surface area contributed by atoms with E-state index in [0.29, 0.717) is 5.56 Å². The smallest absolute Gasteiger partial charge is 0.446 e. The summed E-state index contributed by atoms with van der Waals surface area (Å²) < 4.78 is 68.0. The molecule has 0 aromatic heterocycles. The molecule has 19 heavy (non-hydrogen) atoms. The summed E-state index contributed by atoms with van der Waals surface area (Å²) in [5, 5.41) is 0. The molecule has 1 rings (SSSR count). The Kier molecular flexibility index (Phi) is 5.11. The molecule has 0 radical (unpaired) electrons. The lowest BCUT2D eigenvalue weighted by molar-refractivity contribution is -0.0328. The highest BCUT2D eigenvalue weighted by Gasteiger charge is 2.31. The molecule has 0 fully saturated rings. The number of thioether (sulfide) groups is 1. The first-order chi connectivity index (χ1) is 8.61. The highest BCUT2D eigenvalue weighted by atomic mass is 32.2. The van der Waals surface area contributed by atoms with Crippen molar-refractivity contribution in [1.82, 2.24) is 0 Å². The Morgan fingerprint density at radius 2 is 1.95 bits per heavy atom. The average molecular weight is 316 g/mol. The fourth-order valence-corrected chi connectivity index (χ4v) is 2.25. The Labute approximate surface area is 113 Å². The van der Waals surface area contributed by atoms with Crippen LogP contribution in [0, 0.1) is 0 Å². The van der Waals surface area contributed by atoms with Crippen molar-refractivity contribution in [2.24, 2.45) is 0 Å². The van der Waals surface area contributed by atoms with Crippen LogP contribution in [0.4, 0.5) is 13.2 Å². The van der Waals surface area contributed by atoms with Gasteiger partial charge in [0.25, 0.3) is 10.1 Å². The van der Waals surface area contributed by atoms with E-state index in [4.69, 9.17) is 4.74 Å². The molecule has 4 nitrogen and oxygen atoms in total. The van der Waals surface area contributed by atoms with E-state index in [1.165, 1.54) is 25.3 Å². The van der Waals surface area contributed by atoms with Crippen LogP contribution in [0.1, 0.15) is 5.56 Å². The van der Waals surface area contributed by atoms with Gasteiger partial charge >= 0.3 is 5.51 Å². The van der Waals surface area contributed by atoms with Gasteiger partial charge in [-0.15, -0.1) is 0 Å². The molecule has 9 heteroatoms. The van der Waals surface area contributed by atoms with E-state index in [1.807, 2.05) is 0 Å². The summed E-state index contributed by atoms with van der Waals surface area (Å²) in [4.78, 5) is -0.149. The molecule has 108 valence electrons. The molecule has 0 saturated carbocycles. The maximum Gasteiger partial charge on any atom is 0.446 e. The number of ether oxygens (including phenoxy) is 1. The Morgan fingerprint density at radius 3 is 2.42 bits per heavy atom. The molecule has 0 unspecified atom stereocenters. The van der Waals surface area contributed by atoms with Crippen molar-refractivity contribution in [1.29, 1.82) is 0 Å². The second-order valence-electron chi connectivity index (χ2n) is 3.50. The van der Waals surface area contributed by atoms with E-state index < -0.39 is 15.6 Å². The lowest BCUT2D eigenvalue weighted by Crippen LogP contribution is -2.04. The quantitative estimate of drug-likeness (QED) is 0.617. The Bertz CT molecular complexity index is 540. The third kappa shape index (κ3) is 6.17. The molecule has 0 spiro atoms. The van der Waals surface area contributed by atoms with Crippen LogP contribution < -0.4 is 4.74 Å². The van der Waals surface area contributed by atoms with E-state index in [1.54, 1.807) is 0 Å². The molecule has 0 aliphatic carbocycles. The first kappa shape index (κ1) is 16.1. The zero-order chi connectivity index (χ0) is 14.7. The lowest BCUT2D eigenvalue weighted by Gasteiger charge is -2.11. The van der Waals surface area contributed by atoms with Gasteiger partial charge in [-0.2, -0.15) is 21.6 Å². The molecule has 0 bridgehead atoms. The maximum atomic E-state index is 12.3. The minimum atomic E-state index is -4.45. The molecule has 1 aromatic rings. The molecule has 0 heterocycles. The summed E-state index contributed by atoms with van der Waals surface area (Å²) in [5.41, 5.74) is -4.15. The Morgan fingerprint density at radius 1 is 1.32 bits per heavy atom. The largest absolute Gasteiger partial charge is 0.496 e. The van der Waals surface area contributed by atoms with Gasteiger partial charge in [-0.25, -0.2) is 0 Å². The van der Waals surface area contributed by atoms with Gasteiger partial charge in [0.2, 0.25) is 0 Å². The fraction of sp³-hybridized carbons (Fsp3) is 0.400. The fourth-order valence-electron chi connectivity index (χ4n) is 1.19. The van der Waals surface area contributed by atoms with Gasteiger partial charge in [0.15, 0.2) is 0 Å². The molecule has 0 aliphatic rings. The van der Waals surface area contributed by atoms with Crippen molar-refractivity contribution < 1.29 is 30.5 Å². The second kappa shape index (κ2) is 6.02. The van der Waals surface area contributed by atoms with Crippen molar-refractivity contribution in [3.05, 3.63) is 23.8 Å². The van der Waals surface area contributed by atoms with Crippen molar-refractivity contribution in [3.63, 3.8) is 0 Å². The predicted molar refractivity (Wildman–Crippen MR) is 64.5 cm³/mol. The molecule has 0 atom stereocenters. The van der Waals surface area contributed by atoms with Gasteiger partial charge in [0, 0.05) is 0 Å². The van der Waals surface area contributed by atoms with Crippen LogP contribution in [0.25, 0.3) is 0 Å². The molecule has 0 saturated heterocycles. The highest BCUT2D eigenvalue weighted by Crippen LogP contribution is 2.41. The monoisotopic (exact) mass is 316 g/mol. The number of halogens is 3. The van der Waals surface area contributed by atoms with Crippen LogP contribution in [-0.2, 0) is 20.9 Å². The van der Waals surface area contributed by atoms with Crippen LogP contribution in [0.5, 0.6) is 5.75 Å². The minimum Gasteiger partial charge on any atom is -0.496 e. The normalized spacial score (nSPS) is 12.5. The SMILES string of the molecule is COc1ccc(COS(C)(=O)=O)cc1SC(F)(F)F. The van der Waals surface area contributed by atoms with Gasteiger partial charge in [0.05, 0.1) is 24.9 Å². The lowest BCUT2D eigenvalue weighted by atomic mass is 10.2. The number of alkyl halides is 3. The molecule has 0 amide bonds. The van der Waals surface area contributed by atoms with E-state index in [9.17, 15) is 21.6 Å². The Balaban J connectivity index is 2.95. The molecular weight excluding hydrogens is 305 g/mol. The third-order valence-electron chi connectivity index (χ3n) is 1.89. The number of hydrogen-bond acceptors (Lipinski definition) is 5. The molecule has 0 aliphatic heterocycles. The molecule has 0 N–H and O–H groups in total. The number of hydrogen-bond donors (Lipinski definition) is 0. The zero-order valence-electron chi connectivity index (χ0n) is 10.0. The van der Waals surface area contributed by atoms with Crippen LogP contribution in [0.3, 0.4) is 0 Å². The Hall–Kier alpha value is -0.930. The first-order valence-electron chi connectivity index (χ1n) is 4.88. The standard InChI is InChI=1S/C10H11F3O4S2/c1-16-8-4-3-7(6-17-19(2,14)15)5-9(8)18-10(11,12)13/h3-5H,6H2,1-2H3. The van der Waals surface area contributed by atoms with Crippen molar-refractivity contribution >= 4 is 21.9 Å². The van der Waals surface area contributed by atoms with Gasteiger partial charge < -0.3 is 4.74 Å². The molecular formula is C10H11F3O4S2. The van der Waals surface area contributed by atoms with Crippen molar-refractivity contribution in [3.8, 4) is 5.75 Å². The predicted octanol–water partition coefficient (Wildman–Crippen LogP) is 2.78. The van der Waals surface area contributed by atoms with Gasteiger partial charge in [-0.1, -0.05) is 6.07 Å². The summed E-state index contributed by atoms with van der Waals surface area (Å²) in [5.74, 6) is 0.0606. The van der Waals surface area contributed by atoms with Crippen LogP contribution in [0.15, 0.2) is 23.1 Å². The summed E-state index contributed by atoms with van der Waals surface area (Å²) >= 11 is -0.331. The number of rotatable bonds is 5. The van der Waals surface area contributed by atoms with E-state index in [0.717, 1.165) is 6.26 Å². The summed E-state index contributed by atoms with van der Waals surface area (Å²) in [6.45, 7) is -0.325. The summed E-state index contributed by atoms with van der Waals surface area (Å²) in [6.07, 6.45) is 0.863. The van der Waals surface area contributed by atoms with Crippen LogP contribution in [0.2, 0.25) is 0 Å². The third-order valence-corrected chi connectivity index (χ3v) is 3.21. The first-order valence-corrected chi connectivity index (χ1v) is 7.51. The summed E-state index contributed by atoms with van der Waals surface area (Å²) in [6, 6.07) is 3.95. The van der Waals surface area contributed by atoms with Crippen LogP contribution in [-0.4, -0.2) is 27.3 Å². The maximum absolute atomic E-state index is 12.3. The van der Waals surface area contributed by atoms with Gasteiger partial charge in [0.1, 0.15) is 5.75 Å². The number of benzene rings is 1. The molecule has 1 aromatic carbocycles. The average Bonchev–Trinajstić information content (AvgIpc) is 2.23. The van der Waals surface area contributed by atoms with E-state index in [2.05, 4.69) is 4.18 Å². The topological polar surface area (TPSA) is 52.6 Å². The van der Waals surface area contributed by atoms with E-state index in [-0.39, 0.29) is 29.0 Å². The number of methoxy groups -OCH3 is 1. The van der Waals surface area contributed by atoms with Gasteiger partial charge in [-0.3, -0.25) is 4.18 Å². The second-order valence-corrected chi connectivity index (χ2v) is 6.25. The minimum absolute atomic E-state index is 0.0606. The van der Waals surface area contributed by atoms with Gasteiger partial charge in [-0.05, 0) is 29.5 Å². The van der Waals surface area contributed by atoms with Crippen molar-refractivity contribution in [2.45, 2.75) is 17.0 Å². The highest BCUT2D eigenvalue weighted by molar-refractivity contribution is 8.00. The summed E-state index contributed by atoms with van der Waals surface area (Å²) in [7, 11) is -2.39. The van der Waals surface area contributed by atoms with E-state index >= 15 is 0 Å². The van der Waals surface area contributed by atoms with Crippen LogP contribution >= 0.6 is 11.8 Å². The van der Waals surface area contributed by atoms with Crippen molar-refractivity contribution in [2.75, 3.05) is 13.4 Å².